The number of nitrogens with zero attached hydrogens (tertiary/aromatic N) is 2. The van der Waals surface area contributed by atoms with Crippen LogP contribution in [0.2, 0.25) is 0 Å². The van der Waals surface area contributed by atoms with Crippen LogP contribution in [0, 0.1) is 5.92 Å². The van der Waals surface area contributed by atoms with Gasteiger partial charge in [0.2, 0.25) is 0 Å². The van der Waals surface area contributed by atoms with Gasteiger partial charge in [-0.15, -0.1) is 0 Å². The van der Waals surface area contributed by atoms with Crippen molar-refractivity contribution >= 4 is 8.30 Å². The maximum atomic E-state index is 12.2. The van der Waals surface area contributed by atoms with Crippen molar-refractivity contribution < 1.29 is 15.7 Å². The fourth-order valence-corrected chi connectivity index (χ4v) is 5.57. The summed E-state index contributed by atoms with van der Waals surface area (Å²) in [5.41, 5.74) is -1.11. The number of hydrogen-bond acceptors (Lipinski definition) is 6. The van der Waals surface area contributed by atoms with Crippen molar-refractivity contribution in [1.29, 1.82) is 0 Å². The number of ether oxygens (including phenoxy) is 1. The van der Waals surface area contributed by atoms with Gasteiger partial charge >= 0.3 is 5.69 Å². The lowest BCUT2D eigenvalue weighted by Gasteiger charge is -2.37. The number of hydrogen-bond donors (Lipinski definition) is 2. The molecule has 26 heavy (non-hydrogen) atoms. The van der Waals surface area contributed by atoms with E-state index in [0.717, 1.165) is 0 Å². The van der Waals surface area contributed by atoms with Gasteiger partial charge in [-0.2, -0.15) is 0 Å². The number of H-pyrrole nitrogens is 1. The summed E-state index contributed by atoms with van der Waals surface area (Å²) < 4.78 is 23.5. The largest absolute Gasteiger partial charge is 0.396 e. The average molecular weight is 388 g/mol. The van der Waals surface area contributed by atoms with Crippen LogP contribution in [0.5, 0.6) is 0 Å². The van der Waals surface area contributed by atoms with E-state index in [4.69, 9.17) is 10.6 Å². The monoisotopic (exact) mass is 388 g/mol. The standard InChI is InChI=1S/C17H30N3O5P/c1-10(2)20(11(3)4)26(6)25-15-12(5)24-16(13(15)9-21)19-8-7-14(22)18-17(19)23/h7-8,10-13,15-16,21H,9H2,1-6H3,(H,18,22,23)/t12-,13-,15?,16-,26?/m1/s1/i5D. The number of rotatable bonds is 7. The normalized spacial score (nSPS) is 28.1. The van der Waals surface area contributed by atoms with E-state index in [-0.39, 0.29) is 25.6 Å². The summed E-state index contributed by atoms with van der Waals surface area (Å²) in [7, 11) is -0.986. The molecular formula is C17H30N3O5P. The fraction of sp³-hybridized carbons (Fsp3) is 0.765. The van der Waals surface area contributed by atoms with E-state index in [1.165, 1.54) is 16.8 Å². The van der Waals surface area contributed by atoms with Crippen LogP contribution >= 0.6 is 8.30 Å². The predicted molar refractivity (Wildman–Crippen MR) is 101 cm³/mol. The molecule has 0 saturated carbocycles. The van der Waals surface area contributed by atoms with Crippen LogP contribution in [0.4, 0.5) is 0 Å². The van der Waals surface area contributed by atoms with E-state index in [1.54, 1.807) is 0 Å². The van der Waals surface area contributed by atoms with Crippen molar-refractivity contribution in [3.05, 3.63) is 33.1 Å². The second kappa shape index (κ2) is 8.76. The van der Waals surface area contributed by atoms with E-state index in [1.807, 2.05) is 6.66 Å². The van der Waals surface area contributed by atoms with Crippen LogP contribution in [0.3, 0.4) is 0 Å². The van der Waals surface area contributed by atoms with Gasteiger partial charge in [-0.25, -0.2) is 4.79 Å². The van der Waals surface area contributed by atoms with Gasteiger partial charge in [0.1, 0.15) is 14.5 Å². The zero-order valence-corrected chi connectivity index (χ0v) is 16.8. The van der Waals surface area contributed by atoms with Crippen molar-refractivity contribution in [3.8, 4) is 0 Å². The Morgan fingerprint density at radius 2 is 2.08 bits per heavy atom. The molecule has 2 heterocycles. The second-order valence-corrected chi connectivity index (χ2v) is 8.63. The van der Waals surface area contributed by atoms with Gasteiger partial charge in [0.15, 0.2) is 0 Å². The Balaban J connectivity index is 2.29. The number of aliphatic hydroxyl groups excluding tert-OH is 1. The van der Waals surface area contributed by atoms with Crippen LogP contribution in [-0.4, -0.2) is 56.9 Å². The first kappa shape index (κ1) is 19.7. The topological polar surface area (TPSA) is 96.8 Å². The summed E-state index contributed by atoms with van der Waals surface area (Å²) in [6.45, 7) is 10.1. The first-order chi connectivity index (χ1) is 12.7. The third-order valence-corrected chi connectivity index (χ3v) is 6.59. The minimum Gasteiger partial charge on any atom is -0.396 e. The molecule has 0 bridgehead atoms. The minimum atomic E-state index is -0.986. The smallest absolute Gasteiger partial charge is 0.330 e. The van der Waals surface area contributed by atoms with Crippen LogP contribution in [-0.2, 0) is 9.26 Å². The molecule has 0 amide bonds. The zero-order chi connectivity index (χ0) is 20.3. The van der Waals surface area contributed by atoms with Gasteiger partial charge in [-0.1, -0.05) is 0 Å². The van der Waals surface area contributed by atoms with Crippen LogP contribution < -0.4 is 11.2 Å². The van der Waals surface area contributed by atoms with E-state index in [9.17, 15) is 14.7 Å². The summed E-state index contributed by atoms with van der Waals surface area (Å²) in [5.74, 6) is -0.518. The SMILES string of the molecule is [2H]C[C@H]1O[C@@H](n2ccc(=O)[nH]c2=O)[C@H](CO)C1OP(C)N(C(C)C)C(C)C. The minimum absolute atomic E-state index is 0.0533. The Kier molecular flexibility index (Phi) is 6.64. The van der Waals surface area contributed by atoms with Gasteiger partial charge in [0.05, 0.1) is 24.7 Å². The Morgan fingerprint density at radius 3 is 2.58 bits per heavy atom. The van der Waals surface area contributed by atoms with Gasteiger partial charge in [0, 0.05) is 25.7 Å². The molecule has 148 valence electrons. The molecule has 1 fully saturated rings. The van der Waals surface area contributed by atoms with Gasteiger partial charge in [-0.05, 0) is 41.3 Å². The summed E-state index contributed by atoms with van der Waals surface area (Å²) in [6, 6.07) is 1.79. The lowest BCUT2D eigenvalue weighted by atomic mass is 10.0. The van der Waals surface area contributed by atoms with Crippen molar-refractivity contribution in [2.24, 2.45) is 5.92 Å². The number of aromatic amines is 1. The summed E-state index contributed by atoms with van der Waals surface area (Å²) in [6.07, 6.45) is -0.541. The Bertz CT molecular complexity index is 717. The highest BCUT2D eigenvalue weighted by atomic mass is 31.2. The first-order valence-corrected chi connectivity index (χ1v) is 10.4. The molecule has 0 aliphatic carbocycles. The highest BCUT2D eigenvalue weighted by molar-refractivity contribution is 7.49. The number of nitrogens with one attached hydrogen (secondary N) is 1. The lowest BCUT2D eigenvalue weighted by molar-refractivity contribution is -0.0188. The molecule has 1 aromatic heterocycles. The van der Waals surface area contributed by atoms with Gasteiger partial charge in [0.25, 0.3) is 5.56 Å². The Labute approximate surface area is 156 Å². The van der Waals surface area contributed by atoms with Gasteiger partial charge in [-0.3, -0.25) is 19.0 Å². The maximum absolute atomic E-state index is 12.2. The second-order valence-electron chi connectivity index (χ2n) is 7.03. The Morgan fingerprint density at radius 1 is 1.42 bits per heavy atom. The predicted octanol–water partition coefficient (Wildman–Crippen LogP) is 1.51. The van der Waals surface area contributed by atoms with Gasteiger partial charge < -0.3 is 14.4 Å². The highest BCUT2D eigenvalue weighted by Crippen LogP contribution is 2.47. The molecule has 9 heteroatoms. The summed E-state index contributed by atoms with van der Waals surface area (Å²) in [4.78, 5) is 25.7. The molecule has 8 nitrogen and oxygen atoms in total. The summed E-state index contributed by atoms with van der Waals surface area (Å²) >= 11 is 0. The third kappa shape index (κ3) is 4.43. The van der Waals surface area contributed by atoms with Crippen LogP contribution in [0.15, 0.2) is 21.9 Å². The number of aliphatic hydroxyl groups is 1. The molecule has 1 saturated heterocycles. The molecular weight excluding hydrogens is 357 g/mol. The van der Waals surface area contributed by atoms with E-state index < -0.39 is 43.9 Å². The molecule has 1 aliphatic rings. The quantitative estimate of drug-likeness (QED) is 0.688. The Hall–Kier alpha value is -1.05. The van der Waals surface area contributed by atoms with Crippen molar-refractivity contribution in [3.63, 3.8) is 0 Å². The van der Waals surface area contributed by atoms with E-state index in [0.29, 0.717) is 0 Å². The fourth-order valence-electron chi connectivity index (χ4n) is 3.51. The molecule has 2 N–H and O–H groups in total. The molecule has 1 aromatic rings. The molecule has 5 atom stereocenters. The molecule has 0 radical (unpaired) electrons. The number of aromatic nitrogens is 2. The van der Waals surface area contributed by atoms with Crippen molar-refractivity contribution in [2.75, 3.05) is 13.3 Å². The van der Waals surface area contributed by atoms with Crippen molar-refractivity contribution in [1.82, 2.24) is 14.2 Å². The molecule has 0 spiro atoms. The van der Waals surface area contributed by atoms with Crippen LogP contribution in [0.25, 0.3) is 0 Å². The molecule has 0 aromatic carbocycles. The van der Waals surface area contributed by atoms with Crippen molar-refractivity contribution in [2.45, 2.75) is 65.1 Å². The zero-order valence-electron chi connectivity index (χ0n) is 17.0. The van der Waals surface area contributed by atoms with E-state index in [2.05, 4.69) is 37.3 Å². The maximum Gasteiger partial charge on any atom is 0.330 e. The van der Waals surface area contributed by atoms with Crippen LogP contribution in [0.1, 0.15) is 42.2 Å². The molecule has 2 rings (SSSR count). The summed E-state index contributed by atoms with van der Waals surface area (Å²) in [5, 5.41) is 9.98. The molecule has 1 aliphatic heterocycles. The van der Waals surface area contributed by atoms with E-state index >= 15 is 0 Å². The average Bonchev–Trinajstić information content (AvgIpc) is 2.91. The first-order valence-electron chi connectivity index (χ1n) is 9.47. The molecule has 2 unspecified atom stereocenters. The highest BCUT2D eigenvalue weighted by Gasteiger charge is 2.45. The lowest BCUT2D eigenvalue weighted by Crippen LogP contribution is -2.38. The third-order valence-electron chi connectivity index (χ3n) is 4.46.